The molecule has 2 aromatic rings. The number of aromatic nitrogens is 1. The van der Waals surface area contributed by atoms with Crippen molar-refractivity contribution in [2.24, 2.45) is 35.3 Å². The molecule has 55 heavy (non-hydrogen) atoms. The Bertz CT molecular complexity index is 1950. The first-order chi connectivity index (χ1) is 26.3. The molecule has 1 amide bonds. The number of aliphatic hydroxyl groups is 1. The molecule has 7 rings (SSSR count). The van der Waals surface area contributed by atoms with Crippen LogP contribution in [0.5, 0.6) is 0 Å². The Balaban J connectivity index is 1.12. The molecule has 1 unspecified atom stereocenters. The van der Waals surface area contributed by atoms with Gasteiger partial charge in [-0.1, -0.05) is 62.4 Å². The van der Waals surface area contributed by atoms with Gasteiger partial charge in [0.25, 0.3) is 0 Å². The summed E-state index contributed by atoms with van der Waals surface area (Å²) in [5.41, 5.74) is 7.39. The molecule has 2 aliphatic heterocycles. The maximum absolute atomic E-state index is 13.8. The number of methoxy groups -OCH3 is 1. The molecule has 12 nitrogen and oxygen atoms in total. The van der Waals surface area contributed by atoms with E-state index in [9.17, 15) is 24.3 Å². The second kappa shape index (κ2) is 15.3. The standard InChI is InChI=1S/C43H48N2O10/c1-23-20-24(2)43-31(14-15-32-34(43)35(46)25(3)37(38(32)55-43)54-41(49)29-8-6-7-9-29)21-33(51-5)42(50)53-36(23)26(4)52-40(48)30-12-10-27(11-13-30)22-45-18-16-28(17-19-45)39(44)47/h6-8,10-20,23,25-26,31-38,46H,9,21-22H2,1-5H3,(H-,44,47)/p+1/b24-20+/t23-,25-,26-,31?,32-,33+,34+,35-,36+,37-,38-,43+/m1/s1. The summed E-state index contributed by atoms with van der Waals surface area (Å²) in [5, 5.41) is 12.0. The topological polar surface area (TPSA) is 165 Å². The summed E-state index contributed by atoms with van der Waals surface area (Å²) in [4.78, 5) is 51.8. The molecule has 1 spiro atoms. The lowest BCUT2D eigenvalue weighted by molar-refractivity contribution is -0.688. The SMILES string of the molecule is CO[C@H]1CC2C=C[C@H]3[C@H]4O[C@]2(/C(C)=C/[C@@H](C)[C@@H]([C@@H](C)OC(=O)c2ccc(C[n+]5ccc(C(N)=O)cc5)cc2)OC1=O)[C@@H]3[C@H](O)[C@@H](C)[C@H]4OC(=O)C1=CC=CC1. The summed E-state index contributed by atoms with van der Waals surface area (Å²) in [6.07, 6.45) is 11.0. The predicted molar refractivity (Wildman–Crippen MR) is 198 cm³/mol. The third-order valence-electron chi connectivity index (χ3n) is 12.2. The largest absolute Gasteiger partial charge is 0.456 e. The van der Waals surface area contributed by atoms with E-state index >= 15 is 0 Å². The van der Waals surface area contributed by atoms with E-state index in [4.69, 9.17) is 29.4 Å². The molecule has 290 valence electrons. The number of carbonyl (C=O) groups is 4. The van der Waals surface area contributed by atoms with Crippen LogP contribution in [-0.4, -0.2) is 78.3 Å². The second-order valence-corrected chi connectivity index (χ2v) is 15.5. The predicted octanol–water partition coefficient (Wildman–Crippen LogP) is 3.94. The maximum atomic E-state index is 13.8. The molecular weight excluding hydrogens is 704 g/mol. The van der Waals surface area contributed by atoms with E-state index in [1.54, 1.807) is 49.7 Å². The van der Waals surface area contributed by atoms with Gasteiger partial charge in [0.2, 0.25) is 5.91 Å². The van der Waals surface area contributed by atoms with Gasteiger partial charge in [-0.2, -0.15) is 0 Å². The van der Waals surface area contributed by atoms with E-state index in [0.29, 0.717) is 29.7 Å². The Morgan fingerprint density at radius 1 is 1.05 bits per heavy atom. The number of ether oxygens (including phenoxy) is 5. The van der Waals surface area contributed by atoms with Gasteiger partial charge in [0, 0.05) is 60.0 Å². The Morgan fingerprint density at radius 3 is 2.44 bits per heavy atom. The highest BCUT2D eigenvalue weighted by molar-refractivity contribution is 5.92. The van der Waals surface area contributed by atoms with Crippen LogP contribution in [0.4, 0.5) is 0 Å². The zero-order chi connectivity index (χ0) is 39.2. The van der Waals surface area contributed by atoms with Crippen molar-refractivity contribution < 1.29 is 52.5 Å². The van der Waals surface area contributed by atoms with Crippen molar-refractivity contribution >= 4 is 23.8 Å². The number of aliphatic hydroxyl groups excluding tert-OH is 1. The van der Waals surface area contributed by atoms with E-state index in [0.717, 1.165) is 11.1 Å². The molecule has 5 aliphatic rings. The average Bonchev–Trinajstić information content (AvgIpc) is 3.78. The first-order valence-electron chi connectivity index (χ1n) is 18.9. The average molecular weight is 754 g/mol. The molecular formula is C43H49N2O10+. The van der Waals surface area contributed by atoms with Crippen molar-refractivity contribution in [3.63, 3.8) is 0 Å². The number of allylic oxidation sites excluding steroid dienone is 3. The van der Waals surface area contributed by atoms with Gasteiger partial charge in [0.15, 0.2) is 25.0 Å². The van der Waals surface area contributed by atoms with Crippen molar-refractivity contribution in [2.45, 2.75) is 89.3 Å². The minimum absolute atomic E-state index is 0.215. The van der Waals surface area contributed by atoms with Crippen LogP contribution < -0.4 is 10.3 Å². The van der Waals surface area contributed by atoms with Gasteiger partial charge >= 0.3 is 17.9 Å². The number of nitrogens with zero attached hydrogens (tertiary/aromatic N) is 1. The molecule has 1 saturated heterocycles. The number of hydrogen-bond acceptors (Lipinski definition) is 10. The zero-order valence-corrected chi connectivity index (χ0v) is 31.7. The number of carbonyl (C=O) groups excluding carboxylic acids is 4. The first-order valence-corrected chi connectivity index (χ1v) is 18.9. The highest BCUT2D eigenvalue weighted by atomic mass is 16.6. The zero-order valence-electron chi connectivity index (χ0n) is 31.7. The number of nitrogens with two attached hydrogens (primary N) is 1. The van der Waals surface area contributed by atoms with Crippen LogP contribution >= 0.6 is 0 Å². The highest BCUT2D eigenvalue weighted by Gasteiger charge is 2.69. The number of amides is 1. The van der Waals surface area contributed by atoms with Gasteiger partial charge in [-0.3, -0.25) is 4.79 Å². The smallest absolute Gasteiger partial charge is 0.338 e. The van der Waals surface area contributed by atoms with Crippen LogP contribution in [0, 0.1) is 29.6 Å². The van der Waals surface area contributed by atoms with Crippen LogP contribution in [0.2, 0.25) is 0 Å². The molecule has 1 aromatic heterocycles. The minimum Gasteiger partial charge on any atom is -0.456 e. The van der Waals surface area contributed by atoms with Gasteiger partial charge in [-0.15, -0.1) is 0 Å². The van der Waals surface area contributed by atoms with Crippen LogP contribution in [0.3, 0.4) is 0 Å². The number of benzene rings is 1. The maximum Gasteiger partial charge on any atom is 0.338 e. The fourth-order valence-electron chi connectivity index (χ4n) is 9.27. The minimum atomic E-state index is -1.02. The lowest BCUT2D eigenvalue weighted by Gasteiger charge is -2.49. The van der Waals surface area contributed by atoms with E-state index < -0.39 is 77.9 Å². The summed E-state index contributed by atoms with van der Waals surface area (Å²) in [6.45, 7) is 7.97. The van der Waals surface area contributed by atoms with E-state index in [1.807, 2.05) is 67.9 Å². The first kappa shape index (κ1) is 38.4. The summed E-state index contributed by atoms with van der Waals surface area (Å²) in [6, 6.07) is 10.3. The number of esters is 3. The van der Waals surface area contributed by atoms with Crippen molar-refractivity contribution in [3.8, 4) is 0 Å². The fraction of sp³-hybridized carbons (Fsp3) is 0.465. The molecule has 2 fully saturated rings. The summed E-state index contributed by atoms with van der Waals surface area (Å²) < 4.78 is 32.9. The van der Waals surface area contributed by atoms with Crippen molar-refractivity contribution in [2.75, 3.05) is 7.11 Å². The Morgan fingerprint density at radius 2 is 1.78 bits per heavy atom. The van der Waals surface area contributed by atoms with Crippen LogP contribution in [0.1, 0.15) is 66.8 Å². The van der Waals surface area contributed by atoms with E-state index in [1.165, 1.54) is 7.11 Å². The summed E-state index contributed by atoms with van der Waals surface area (Å²) >= 11 is 0. The number of pyridine rings is 1. The lowest BCUT2D eigenvalue weighted by Crippen LogP contribution is -2.57. The van der Waals surface area contributed by atoms with E-state index in [-0.39, 0.29) is 24.2 Å². The summed E-state index contributed by atoms with van der Waals surface area (Å²) in [5.74, 6) is -3.89. The number of hydrogen-bond donors (Lipinski definition) is 2. The van der Waals surface area contributed by atoms with Crippen LogP contribution in [0.25, 0.3) is 0 Å². The second-order valence-electron chi connectivity index (χ2n) is 15.5. The van der Waals surface area contributed by atoms with Crippen molar-refractivity contribution in [1.82, 2.24) is 0 Å². The van der Waals surface area contributed by atoms with Gasteiger partial charge < -0.3 is 34.5 Å². The molecule has 1 aromatic carbocycles. The molecule has 4 bridgehead atoms. The monoisotopic (exact) mass is 753 g/mol. The van der Waals surface area contributed by atoms with E-state index in [2.05, 4.69) is 0 Å². The van der Waals surface area contributed by atoms with Crippen LogP contribution in [-0.2, 0) is 39.8 Å². The molecule has 3 N–H and O–H groups in total. The van der Waals surface area contributed by atoms with Gasteiger partial charge in [-0.25, -0.2) is 19.0 Å². The normalized spacial score (nSPS) is 35.1. The molecule has 0 radical (unpaired) electrons. The number of rotatable bonds is 9. The lowest BCUT2D eigenvalue weighted by atomic mass is 9.57. The number of primary amides is 1. The van der Waals surface area contributed by atoms with Gasteiger partial charge in [0.05, 0.1) is 17.2 Å². The molecule has 12 heteroatoms. The van der Waals surface area contributed by atoms with Gasteiger partial charge in [0.1, 0.15) is 30.0 Å². The Kier molecular flexibility index (Phi) is 10.7. The Labute approximate surface area is 320 Å². The Hall–Kier alpha value is -4.91. The van der Waals surface area contributed by atoms with Crippen molar-refractivity contribution in [1.29, 1.82) is 0 Å². The third-order valence-corrected chi connectivity index (χ3v) is 12.2. The third kappa shape index (κ3) is 7.07. The molecule has 12 atom stereocenters. The summed E-state index contributed by atoms with van der Waals surface area (Å²) in [7, 11) is 1.45. The van der Waals surface area contributed by atoms with Gasteiger partial charge in [-0.05, 0) is 44.4 Å². The van der Waals surface area contributed by atoms with Crippen LogP contribution in [0.15, 0.2) is 96.4 Å². The molecule has 1 saturated carbocycles. The number of cyclic esters (lactones) is 1. The molecule has 3 heterocycles. The quantitative estimate of drug-likeness (QED) is 0.166. The molecule has 3 aliphatic carbocycles. The van der Waals surface area contributed by atoms with Crippen molar-refractivity contribution in [3.05, 3.63) is 113 Å². The fourth-order valence-corrected chi connectivity index (χ4v) is 9.27. The highest BCUT2D eigenvalue weighted by Crippen LogP contribution is 2.61.